The van der Waals surface area contributed by atoms with E-state index in [1.54, 1.807) is 0 Å². The summed E-state index contributed by atoms with van der Waals surface area (Å²) in [6, 6.07) is 5.49. The number of anilines is 1. The highest BCUT2D eigenvalue weighted by atomic mass is 79.9. The van der Waals surface area contributed by atoms with E-state index < -0.39 is 0 Å². The van der Waals surface area contributed by atoms with Crippen LogP contribution in [0.15, 0.2) is 22.8 Å². The molecule has 2 unspecified atom stereocenters. The van der Waals surface area contributed by atoms with Gasteiger partial charge in [0.05, 0.1) is 0 Å². The smallest absolute Gasteiger partial charge is 0.129 e. The first-order valence-corrected chi connectivity index (χ1v) is 6.24. The SMILES string of the molecule is Brc1ccc(N2C3CCC2CNC3)nc1. The van der Waals surface area contributed by atoms with Gasteiger partial charge in [-0.25, -0.2) is 4.98 Å². The molecule has 2 aliphatic heterocycles. The molecule has 3 nitrogen and oxygen atoms in total. The van der Waals surface area contributed by atoms with Crippen molar-refractivity contribution in [2.75, 3.05) is 18.0 Å². The van der Waals surface area contributed by atoms with Crippen LogP contribution >= 0.6 is 15.9 Å². The molecule has 0 saturated carbocycles. The van der Waals surface area contributed by atoms with Gasteiger partial charge in [0.1, 0.15) is 5.82 Å². The maximum absolute atomic E-state index is 4.49. The van der Waals surface area contributed by atoms with E-state index in [9.17, 15) is 0 Å². The van der Waals surface area contributed by atoms with E-state index in [2.05, 4.69) is 43.3 Å². The predicted octanol–water partition coefficient (Wildman–Crippen LogP) is 1.78. The molecule has 1 N–H and O–H groups in total. The molecule has 0 radical (unpaired) electrons. The molecule has 15 heavy (non-hydrogen) atoms. The Morgan fingerprint density at radius 2 is 2.00 bits per heavy atom. The Balaban J connectivity index is 1.90. The number of pyridine rings is 1. The summed E-state index contributed by atoms with van der Waals surface area (Å²) in [5.74, 6) is 1.13. The maximum atomic E-state index is 4.49. The maximum Gasteiger partial charge on any atom is 0.129 e. The predicted molar refractivity (Wildman–Crippen MR) is 64.1 cm³/mol. The van der Waals surface area contributed by atoms with Crippen molar-refractivity contribution in [3.8, 4) is 0 Å². The van der Waals surface area contributed by atoms with Gasteiger partial charge in [-0.3, -0.25) is 0 Å². The van der Waals surface area contributed by atoms with Crippen molar-refractivity contribution in [1.82, 2.24) is 10.3 Å². The van der Waals surface area contributed by atoms with Crippen molar-refractivity contribution in [2.24, 2.45) is 0 Å². The van der Waals surface area contributed by atoms with E-state index >= 15 is 0 Å². The molecule has 2 fully saturated rings. The van der Waals surface area contributed by atoms with E-state index in [0.717, 1.165) is 23.4 Å². The molecule has 4 heteroatoms. The monoisotopic (exact) mass is 267 g/mol. The molecule has 1 aromatic heterocycles. The number of nitrogens with one attached hydrogen (secondary N) is 1. The summed E-state index contributed by atoms with van der Waals surface area (Å²) in [5, 5.41) is 3.48. The summed E-state index contributed by atoms with van der Waals surface area (Å²) in [6.07, 6.45) is 4.49. The second-order valence-electron chi connectivity index (χ2n) is 4.29. The van der Waals surface area contributed by atoms with Crippen molar-refractivity contribution in [3.05, 3.63) is 22.8 Å². The fourth-order valence-corrected chi connectivity index (χ4v) is 2.91. The molecule has 1 aromatic rings. The van der Waals surface area contributed by atoms with Crippen LogP contribution in [0.5, 0.6) is 0 Å². The second-order valence-corrected chi connectivity index (χ2v) is 5.20. The lowest BCUT2D eigenvalue weighted by atomic mass is 10.2. The van der Waals surface area contributed by atoms with Crippen LogP contribution in [0.2, 0.25) is 0 Å². The van der Waals surface area contributed by atoms with Crippen molar-refractivity contribution >= 4 is 21.7 Å². The third-order valence-corrected chi connectivity index (χ3v) is 3.83. The highest BCUT2D eigenvalue weighted by molar-refractivity contribution is 9.10. The van der Waals surface area contributed by atoms with Crippen LogP contribution in [0, 0.1) is 0 Å². The number of piperazine rings is 1. The highest BCUT2D eigenvalue weighted by Gasteiger charge is 2.36. The summed E-state index contributed by atoms with van der Waals surface area (Å²) < 4.78 is 1.05. The fraction of sp³-hybridized carbons (Fsp3) is 0.545. The largest absolute Gasteiger partial charge is 0.348 e. The standard InChI is InChI=1S/C11H14BrN3/c12-8-1-4-11(14-5-8)15-9-2-3-10(15)7-13-6-9/h1,4-5,9-10,13H,2-3,6-7H2. The summed E-state index contributed by atoms with van der Waals surface area (Å²) in [5.41, 5.74) is 0. The van der Waals surface area contributed by atoms with Gasteiger partial charge in [-0.1, -0.05) is 0 Å². The summed E-state index contributed by atoms with van der Waals surface area (Å²) in [7, 11) is 0. The normalized spacial score (nSPS) is 29.5. The number of hydrogen-bond donors (Lipinski definition) is 1. The Morgan fingerprint density at radius 1 is 1.27 bits per heavy atom. The molecule has 0 aromatic carbocycles. The van der Waals surface area contributed by atoms with Gasteiger partial charge in [0.2, 0.25) is 0 Å². The number of halogens is 1. The van der Waals surface area contributed by atoms with Crippen LogP contribution in [0.4, 0.5) is 5.82 Å². The van der Waals surface area contributed by atoms with Crippen LogP contribution < -0.4 is 10.2 Å². The lowest BCUT2D eigenvalue weighted by Crippen LogP contribution is -2.52. The van der Waals surface area contributed by atoms with Crippen LogP contribution in [0.25, 0.3) is 0 Å². The molecule has 2 bridgehead atoms. The third-order valence-electron chi connectivity index (χ3n) is 3.36. The molecule has 0 spiro atoms. The number of rotatable bonds is 1. The van der Waals surface area contributed by atoms with E-state index in [-0.39, 0.29) is 0 Å². The Morgan fingerprint density at radius 3 is 2.60 bits per heavy atom. The van der Waals surface area contributed by atoms with Gasteiger partial charge >= 0.3 is 0 Å². The molecule has 80 valence electrons. The van der Waals surface area contributed by atoms with Gasteiger partial charge in [-0.15, -0.1) is 0 Å². The van der Waals surface area contributed by atoms with Crippen molar-refractivity contribution < 1.29 is 0 Å². The Bertz CT molecular complexity index is 335. The first kappa shape index (κ1) is 9.60. The first-order chi connectivity index (χ1) is 7.34. The van der Waals surface area contributed by atoms with Crippen LogP contribution in [0.3, 0.4) is 0 Å². The van der Waals surface area contributed by atoms with Gasteiger partial charge in [-0.05, 0) is 40.9 Å². The zero-order chi connectivity index (χ0) is 10.3. The molecular weight excluding hydrogens is 254 g/mol. The zero-order valence-corrected chi connectivity index (χ0v) is 10.1. The summed E-state index contributed by atoms with van der Waals surface area (Å²) in [6.45, 7) is 2.21. The zero-order valence-electron chi connectivity index (χ0n) is 8.49. The van der Waals surface area contributed by atoms with Gasteiger partial charge < -0.3 is 10.2 Å². The van der Waals surface area contributed by atoms with Crippen LogP contribution in [-0.2, 0) is 0 Å². The quantitative estimate of drug-likeness (QED) is 0.841. The van der Waals surface area contributed by atoms with Gasteiger partial charge in [0, 0.05) is 35.8 Å². The van der Waals surface area contributed by atoms with Crippen molar-refractivity contribution in [1.29, 1.82) is 0 Å². The summed E-state index contributed by atoms with van der Waals surface area (Å²) in [4.78, 5) is 6.98. The average molecular weight is 268 g/mol. The van der Waals surface area contributed by atoms with Gasteiger partial charge in [0.15, 0.2) is 0 Å². The lowest BCUT2D eigenvalue weighted by Gasteiger charge is -2.36. The van der Waals surface area contributed by atoms with Gasteiger partial charge in [0.25, 0.3) is 0 Å². The molecule has 0 aliphatic carbocycles. The summed E-state index contributed by atoms with van der Waals surface area (Å²) >= 11 is 3.42. The first-order valence-electron chi connectivity index (χ1n) is 5.45. The number of aromatic nitrogens is 1. The molecule has 3 rings (SSSR count). The van der Waals surface area contributed by atoms with Crippen molar-refractivity contribution in [2.45, 2.75) is 24.9 Å². The van der Waals surface area contributed by atoms with Crippen LogP contribution in [0.1, 0.15) is 12.8 Å². The minimum atomic E-state index is 0.650. The molecule has 2 aliphatic rings. The average Bonchev–Trinajstić information content (AvgIpc) is 2.51. The third kappa shape index (κ3) is 1.66. The molecular formula is C11H14BrN3. The molecule has 2 atom stereocenters. The van der Waals surface area contributed by atoms with Crippen molar-refractivity contribution in [3.63, 3.8) is 0 Å². The van der Waals surface area contributed by atoms with E-state index in [4.69, 9.17) is 0 Å². The Labute approximate surface area is 98.0 Å². The second kappa shape index (κ2) is 3.76. The lowest BCUT2D eigenvalue weighted by molar-refractivity contribution is 0.481. The fourth-order valence-electron chi connectivity index (χ4n) is 2.67. The molecule has 0 amide bonds. The Kier molecular flexibility index (Phi) is 2.41. The van der Waals surface area contributed by atoms with E-state index in [1.165, 1.54) is 12.8 Å². The topological polar surface area (TPSA) is 28.2 Å². The van der Waals surface area contributed by atoms with E-state index in [1.807, 2.05) is 6.20 Å². The number of nitrogens with zero attached hydrogens (tertiary/aromatic N) is 2. The Hall–Kier alpha value is -0.610. The van der Waals surface area contributed by atoms with Crippen LogP contribution in [-0.4, -0.2) is 30.2 Å². The number of fused-ring (bicyclic) bond motifs is 2. The minimum Gasteiger partial charge on any atom is -0.348 e. The minimum absolute atomic E-state index is 0.650. The highest BCUT2D eigenvalue weighted by Crippen LogP contribution is 2.31. The number of hydrogen-bond acceptors (Lipinski definition) is 3. The molecule has 3 heterocycles. The van der Waals surface area contributed by atoms with E-state index in [0.29, 0.717) is 12.1 Å². The van der Waals surface area contributed by atoms with Gasteiger partial charge in [-0.2, -0.15) is 0 Å². The molecule has 2 saturated heterocycles.